The van der Waals surface area contributed by atoms with Gasteiger partial charge in [0.05, 0.1) is 0 Å². The van der Waals surface area contributed by atoms with Crippen LogP contribution in [0.2, 0.25) is 0 Å². The summed E-state index contributed by atoms with van der Waals surface area (Å²) in [5, 5.41) is 3.46. The SMILES string of the molecule is O=C(CC1(C2(NC(=O)c3ccccc3)CCCC2)CCCC1)c1ccccc1. The summed E-state index contributed by atoms with van der Waals surface area (Å²) in [4.78, 5) is 26.2. The lowest BCUT2D eigenvalue weighted by Gasteiger charge is -2.47. The highest BCUT2D eigenvalue weighted by atomic mass is 16.2. The topological polar surface area (TPSA) is 46.2 Å². The van der Waals surface area contributed by atoms with Crippen molar-refractivity contribution in [2.75, 3.05) is 0 Å². The Kier molecular flexibility index (Phi) is 5.34. The molecule has 0 saturated heterocycles. The van der Waals surface area contributed by atoms with E-state index in [4.69, 9.17) is 0 Å². The van der Waals surface area contributed by atoms with Crippen LogP contribution in [-0.2, 0) is 0 Å². The van der Waals surface area contributed by atoms with Gasteiger partial charge in [0.15, 0.2) is 5.78 Å². The molecule has 0 aliphatic heterocycles. The Morgan fingerprint density at radius 2 is 1.21 bits per heavy atom. The van der Waals surface area contributed by atoms with E-state index in [2.05, 4.69) is 5.32 Å². The predicted octanol–water partition coefficient (Wildman–Crippen LogP) is 5.56. The zero-order chi connectivity index (χ0) is 19.5. The number of benzene rings is 2. The molecular weight excluding hydrogens is 346 g/mol. The van der Waals surface area contributed by atoms with Gasteiger partial charge in [-0.05, 0) is 37.8 Å². The summed E-state index contributed by atoms with van der Waals surface area (Å²) in [6.45, 7) is 0. The van der Waals surface area contributed by atoms with Crippen molar-refractivity contribution >= 4 is 11.7 Å². The lowest BCUT2D eigenvalue weighted by Crippen LogP contribution is -2.58. The molecule has 0 atom stereocenters. The van der Waals surface area contributed by atoms with Crippen LogP contribution in [0.25, 0.3) is 0 Å². The van der Waals surface area contributed by atoms with Crippen molar-refractivity contribution in [2.24, 2.45) is 5.41 Å². The molecule has 28 heavy (non-hydrogen) atoms. The van der Waals surface area contributed by atoms with Gasteiger partial charge in [0.1, 0.15) is 0 Å². The van der Waals surface area contributed by atoms with Crippen molar-refractivity contribution < 1.29 is 9.59 Å². The molecule has 0 bridgehead atoms. The Labute approximate surface area is 167 Å². The molecule has 0 spiro atoms. The zero-order valence-electron chi connectivity index (χ0n) is 16.5. The van der Waals surface area contributed by atoms with Crippen molar-refractivity contribution in [1.29, 1.82) is 0 Å². The first-order valence-electron chi connectivity index (χ1n) is 10.6. The number of rotatable bonds is 6. The van der Waals surface area contributed by atoms with Crippen molar-refractivity contribution in [3.05, 3.63) is 71.8 Å². The van der Waals surface area contributed by atoms with E-state index in [1.54, 1.807) is 0 Å². The van der Waals surface area contributed by atoms with E-state index < -0.39 is 0 Å². The number of nitrogens with one attached hydrogen (secondary N) is 1. The minimum atomic E-state index is -0.263. The van der Waals surface area contributed by atoms with E-state index in [1.807, 2.05) is 60.7 Å². The maximum atomic E-state index is 13.1. The molecule has 2 fully saturated rings. The summed E-state index contributed by atoms with van der Waals surface area (Å²) in [7, 11) is 0. The number of amides is 1. The lowest BCUT2D eigenvalue weighted by molar-refractivity contribution is 0.0530. The lowest BCUT2D eigenvalue weighted by atomic mass is 9.63. The fourth-order valence-corrected chi connectivity index (χ4v) is 5.56. The molecule has 0 aromatic heterocycles. The normalized spacial score (nSPS) is 20.0. The van der Waals surface area contributed by atoms with Crippen molar-refractivity contribution in [3.63, 3.8) is 0 Å². The first kappa shape index (κ1) is 18.9. The molecule has 2 aliphatic carbocycles. The second-order valence-electron chi connectivity index (χ2n) is 8.56. The summed E-state index contributed by atoms with van der Waals surface area (Å²) in [5.41, 5.74) is 1.11. The summed E-state index contributed by atoms with van der Waals surface area (Å²) in [6.07, 6.45) is 9.08. The Hall–Kier alpha value is -2.42. The Bertz CT molecular complexity index is 745. The molecule has 1 N–H and O–H groups in total. The van der Waals surface area contributed by atoms with Gasteiger partial charge in [-0.15, -0.1) is 0 Å². The quantitative estimate of drug-likeness (QED) is 0.672. The molecule has 0 radical (unpaired) electrons. The van der Waals surface area contributed by atoms with Gasteiger partial charge < -0.3 is 5.32 Å². The van der Waals surface area contributed by atoms with Gasteiger partial charge in [0.25, 0.3) is 5.91 Å². The van der Waals surface area contributed by atoms with Gasteiger partial charge in [-0.3, -0.25) is 9.59 Å². The van der Waals surface area contributed by atoms with Gasteiger partial charge in [-0.1, -0.05) is 74.2 Å². The van der Waals surface area contributed by atoms with Crippen LogP contribution in [0.5, 0.6) is 0 Å². The van der Waals surface area contributed by atoms with Crippen LogP contribution in [-0.4, -0.2) is 17.2 Å². The minimum Gasteiger partial charge on any atom is -0.346 e. The van der Waals surface area contributed by atoms with E-state index in [0.29, 0.717) is 12.0 Å². The van der Waals surface area contributed by atoms with Crippen LogP contribution in [0.3, 0.4) is 0 Å². The Morgan fingerprint density at radius 3 is 1.79 bits per heavy atom. The molecule has 2 aliphatic rings. The smallest absolute Gasteiger partial charge is 0.251 e. The van der Waals surface area contributed by atoms with E-state index in [9.17, 15) is 9.59 Å². The third-order valence-electron chi connectivity index (χ3n) is 7.02. The minimum absolute atomic E-state index is 0.000866. The molecular formula is C25H29NO2. The molecule has 1 amide bonds. The molecule has 3 heteroatoms. The van der Waals surface area contributed by atoms with Crippen LogP contribution in [0.4, 0.5) is 0 Å². The van der Waals surface area contributed by atoms with Gasteiger partial charge in [0.2, 0.25) is 0 Å². The number of carbonyl (C=O) groups excluding carboxylic acids is 2. The number of ketones is 1. The maximum absolute atomic E-state index is 13.1. The summed E-state index contributed by atoms with van der Waals surface area (Å²) >= 11 is 0. The van der Waals surface area contributed by atoms with Crippen molar-refractivity contribution in [3.8, 4) is 0 Å². The first-order valence-corrected chi connectivity index (χ1v) is 10.6. The predicted molar refractivity (Wildman–Crippen MR) is 111 cm³/mol. The Balaban J connectivity index is 1.63. The van der Waals surface area contributed by atoms with Crippen LogP contribution in [0.1, 0.15) is 78.5 Å². The van der Waals surface area contributed by atoms with Gasteiger partial charge in [-0.2, -0.15) is 0 Å². The Morgan fingerprint density at radius 1 is 0.714 bits per heavy atom. The molecule has 2 aromatic rings. The van der Waals surface area contributed by atoms with E-state index in [0.717, 1.165) is 56.9 Å². The molecule has 0 unspecified atom stereocenters. The molecule has 2 saturated carbocycles. The number of carbonyl (C=O) groups is 2. The largest absolute Gasteiger partial charge is 0.346 e. The van der Waals surface area contributed by atoms with E-state index >= 15 is 0 Å². The molecule has 3 nitrogen and oxygen atoms in total. The average Bonchev–Trinajstić information content (AvgIpc) is 3.41. The van der Waals surface area contributed by atoms with Gasteiger partial charge >= 0.3 is 0 Å². The third kappa shape index (κ3) is 3.50. The standard InChI is InChI=1S/C25H29NO2/c27-22(20-11-3-1-4-12-20)19-24(15-7-8-16-24)25(17-9-10-18-25)26-23(28)21-13-5-2-6-14-21/h1-6,11-14H,7-10,15-19H2,(H,26,28). The summed E-state index contributed by atoms with van der Waals surface area (Å²) in [6, 6.07) is 19.1. The van der Waals surface area contributed by atoms with Gasteiger partial charge in [0, 0.05) is 28.5 Å². The highest BCUT2D eigenvalue weighted by Crippen LogP contribution is 2.55. The van der Waals surface area contributed by atoms with Crippen molar-refractivity contribution in [1.82, 2.24) is 5.32 Å². The molecule has 4 rings (SSSR count). The van der Waals surface area contributed by atoms with Crippen LogP contribution in [0.15, 0.2) is 60.7 Å². The zero-order valence-corrected chi connectivity index (χ0v) is 16.5. The van der Waals surface area contributed by atoms with Crippen LogP contribution >= 0.6 is 0 Å². The second-order valence-corrected chi connectivity index (χ2v) is 8.56. The van der Waals surface area contributed by atoms with E-state index in [-0.39, 0.29) is 22.6 Å². The highest BCUT2D eigenvalue weighted by molar-refractivity contribution is 5.97. The highest BCUT2D eigenvalue weighted by Gasteiger charge is 2.55. The second kappa shape index (κ2) is 7.90. The number of hydrogen-bond donors (Lipinski definition) is 1. The summed E-state index contributed by atoms with van der Waals surface area (Å²) < 4.78 is 0. The molecule has 2 aromatic carbocycles. The third-order valence-corrected chi connectivity index (χ3v) is 7.02. The number of Topliss-reactive ketones (excluding diaryl/α,β-unsaturated/α-hetero) is 1. The average molecular weight is 376 g/mol. The maximum Gasteiger partial charge on any atom is 0.251 e. The van der Waals surface area contributed by atoms with Crippen LogP contribution < -0.4 is 5.32 Å². The van der Waals surface area contributed by atoms with Crippen LogP contribution in [0, 0.1) is 5.41 Å². The first-order chi connectivity index (χ1) is 13.6. The number of hydrogen-bond acceptors (Lipinski definition) is 2. The monoisotopic (exact) mass is 375 g/mol. The summed E-state index contributed by atoms with van der Waals surface area (Å²) in [5.74, 6) is 0.212. The fraction of sp³-hybridized carbons (Fsp3) is 0.440. The van der Waals surface area contributed by atoms with Gasteiger partial charge in [-0.25, -0.2) is 0 Å². The molecule has 0 heterocycles. The fourth-order valence-electron chi connectivity index (χ4n) is 5.56. The van der Waals surface area contributed by atoms with Crippen molar-refractivity contribution in [2.45, 2.75) is 63.3 Å². The molecule has 146 valence electrons. The van der Waals surface area contributed by atoms with E-state index in [1.165, 1.54) is 0 Å².